The van der Waals surface area contributed by atoms with Crippen LogP contribution in [-0.2, 0) is 20.9 Å². The molecule has 1 aromatic heterocycles. The van der Waals surface area contributed by atoms with E-state index in [4.69, 9.17) is 4.74 Å². The quantitative estimate of drug-likeness (QED) is 0.813. The molecule has 0 bridgehead atoms. The fourth-order valence-electron chi connectivity index (χ4n) is 2.16. The lowest BCUT2D eigenvalue weighted by Crippen LogP contribution is -2.58. The second-order valence-electron chi connectivity index (χ2n) is 4.78. The summed E-state index contributed by atoms with van der Waals surface area (Å²) in [6, 6.07) is 0. The molecule has 1 aliphatic rings. The van der Waals surface area contributed by atoms with Gasteiger partial charge in [-0.15, -0.1) is 0 Å². The SMILES string of the molecule is Cc1csc(=O)n1CC(=O)NC1(C(=O)O)CCOCC1. The number of aryl methyl sites for hydroxylation is 1. The summed E-state index contributed by atoms with van der Waals surface area (Å²) >= 11 is 1.02. The van der Waals surface area contributed by atoms with E-state index in [1.54, 1.807) is 12.3 Å². The molecule has 1 saturated heterocycles. The summed E-state index contributed by atoms with van der Waals surface area (Å²) in [5.41, 5.74) is -0.602. The summed E-state index contributed by atoms with van der Waals surface area (Å²) in [5.74, 6) is -1.54. The number of carboxylic acids is 1. The van der Waals surface area contributed by atoms with E-state index in [2.05, 4.69) is 5.32 Å². The predicted octanol–water partition coefficient (Wildman–Crippen LogP) is -0.0318. The maximum atomic E-state index is 12.0. The first-order chi connectivity index (χ1) is 9.44. The lowest BCUT2D eigenvalue weighted by molar-refractivity contribution is -0.152. The number of thiazole rings is 1. The Hall–Kier alpha value is -1.67. The van der Waals surface area contributed by atoms with Crippen molar-refractivity contribution in [2.24, 2.45) is 0 Å². The molecule has 7 nitrogen and oxygen atoms in total. The first kappa shape index (κ1) is 14.7. The number of hydrogen-bond acceptors (Lipinski definition) is 5. The number of nitrogens with zero attached hydrogens (tertiary/aromatic N) is 1. The van der Waals surface area contributed by atoms with Gasteiger partial charge in [0.15, 0.2) is 0 Å². The molecule has 0 unspecified atom stereocenters. The zero-order valence-electron chi connectivity index (χ0n) is 11.0. The van der Waals surface area contributed by atoms with Gasteiger partial charge in [0.25, 0.3) is 0 Å². The lowest BCUT2D eigenvalue weighted by atomic mass is 9.90. The Morgan fingerprint density at radius 3 is 2.65 bits per heavy atom. The van der Waals surface area contributed by atoms with E-state index in [0.717, 1.165) is 11.3 Å². The molecule has 2 rings (SSSR count). The minimum atomic E-state index is -1.29. The van der Waals surface area contributed by atoms with E-state index < -0.39 is 17.4 Å². The third kappa shape index (κ3) is 2.91. The molecule has 1 aliphatic heterocycles. The number of aromatic nitrogens is 1. The predicted molar refractivity (Wildman–Crippen MR) is 71.9 cm³/mol. The third-order valence-electron chi connectivity index (χ3n) is 3.41. The molecule has 0 aromatic carbocycles. The van der Waals surface area contributed by atoms with Crippen LogP contribution in [-0.4, -0.2) is 40.3 Å². The molecule has 0 spiro atoms. The number of amides is 1. The van der Waals surface area contributed by atoms with Crippen molar-refractivity contribution in [3.05, 3.63) is 20.7 Å². The standard InChI is InChI=1S/C12H16N2O5S/c1-8-7-20-11(18)14(8)6-9(15)13-12(10(16)17)2-4-19-5-3-12/h7H,2-6H2,1H3,(H,13,15)(H,16,17). The van der Waals surface area contributed by atoms with Crippen molar-refractivity contribution in [1.82, 2.24) is 9.88 Å². The molecule has 1 aromatic rings. The molecule has 0 radical (unpaired) electrons. The number of carbonyl (C=O) groups is 2. The van der Waals surface area contributed by atoms with Gasteiger partial charge in [0.05, 0.1) is 0 Å². The van der Waals surface area contributed by atoms with Gasteiger partial charge in [-0.2, -0.15) is 0 Å². The summed E-state index contributed by atoms with van der Waals surface area (Å²) in [4.78, 5) is 34.8. The fourth-order valence-corrected chi connectivity index (χ4v) is 2.89. The Balaban J connectivity index is 2.10. The Bertz CT molecular complexity index is 571. The summed E-state index contributed by atoms with van der Waals surface area (Å²) in [7, 11) is 0. The normalized spacial score (nSPS) is 17.6. The fraction of sp³-hybridized carbons (Fsp3) is 0.583. The van der Waals surface area contributed by atoms with E-state index in [1.165, 1.54) is 4.57 Å². The van der Waals surface area contributed by atoms with Crippen LogP contribution in [0, 0.1) is 6.92 Å². The lowest BCUT2D eigenvalue weighted by Gasteiger charge is -2.33. The molecule has 20 heavy (non-hydrogen) atoms. The van der Waals surface area contributed by atoms with E-state index in [9.17, 15) is 19.5 Å². The van der Waals surface area contributed by atoms with Crippen molar-refractivity contribution in [2.45, 2.75) is 31.8 Å². The van der Waals surface area contributed by atoms with Crippen LogP contribution in [0.4, 0.5) is 0 Å². The smallest absolute Gasteiger partial charge is 0.329 e. The van der Waals surface area contributed by atoms with Crippen LogP contribution < -0.4 is 10.2 Å². The Labute approximate surface area is 119 Å². The third-order valence-corrected chi connectivity index (χ3v) is 4.29. The number of aliphatic carboxylic acids is 1. The van der Waals surface area contributed by atoms with Gasteiger partial charge in [0.1, 0.15) is 12.1 Å². The maximum absolute atomic E-state index is 12.0. The first-order valence-corrected chi connectivity index (χ1v) is 7.10. The molecule has 0 atom stereocenters. The van der Waals surface area contributed by atoms with Crippen LogP contribution >= 0.6 is 11.3 Å². The van der Waals surface area contributed by atoms with Crippen molar-refractivity contribution in [3.63, 3.8) is 0 Å². The van der Waals surface area contributed by atoms with E-state index in [1.807, 2.05) is 0 Å². The van der Waals surface area contributed by atoms with E-state index >= 15 is 0 Å². The van der Waals surface area contributed by atoms with Gasteiger partial charge < -0.3 is 15.2 Å². The highest BCUT2D eigenvalue weighted by atomic mass is 32.1. The van der Waals surface area contributed by atoms with Gasteiger partial charge in [0.2, 0.25) is 5.91 Å². The monoisotopic (exact) mass is 300 g/mol. The van der Waals surface area contributed by atoms with Crippen LogP contribution in [0.2, 0.25) is 0 Å². The van der Waals surface area contributed by atoms with Crippen LogP contribution in [0.15, 0.2) is 10.2 Å². The average Bonchev–Trinajstić information content (AvgIpc) is 2.71. The molecule has 1 amide bonds. The Morgan fingerprint density at radius 2 is 2.15 bits per heavy atom. The molecule has 8 heteroatoms. The number of rotatable bonds is 4. The van der Waals surface area contributed by atoms with Crippen molar-refractivity contribution in [1.29, 1.82) is 0 Å². The van der Waals surface area contributed by atoms with Crippen molar-refractivity contribution in [2.75, 3.05) is 13.2 Å². The minimum Gasteiger partial charge on any atom is -0.480 e. The van der Waals surface area contributed by atoms with Crippen LogP contribution in [0.1, 0.15) is 18.5 Å². The van der Waals surface area contributed by atoms with Crippen molar-refractivity contribution < 1.29 is 19.4 Å². The van der Waals surface area contributed by atoms with Gasteiger partial charge in [-0.1, -0.05) is 11.3 Å². The average molecular weight is 300 g/mol. The second-order valence-corrected chi connectivity index (χ2v) is 5.60. The zero-order valence-corrected chi connectivity index (χ0v) is 11.9. The highest BCUT2D eigenvalue weighted by molar-refractivity contribution is 7.07. The van der Waals surface area contributed by atoms with Crippen LogP contribution in [0.5, 0.6) is 0 Å². The van der Waals surface area contributed by atoms with Crippen LogP contribution in [0.25, 0.3) is 0 Å². The summed E-state index contributed by atoms with van der Waals surface area (Å²) in [6.07, 6.45) is 0.456. The summed E-state index contributed by atoms with van der Waals surface area (Å²) in [5, 5.41) is 13.6. The minimum absolute atomic E-state index is 0.163. The molecule has 0 saturated carbocycles. The number of carbonyl (C=O) groups excluding carboxylic acids is 1. The highest BCUT2D eigenvalue weighted by Crippen LogP contribution is 2.21. The van der Waals surface area contributed by atoms with Crippen LogP contribution in [0.3, 0.4) is 0 Å². The highest BCUT2D eigenvalue weighted by Gasteiger charge is 2.41. The molecular weight excluding hydrogens is 284 g/mol. The van der Waals surface area contributed by atoms with Crippen molar-refractivity contribution in [3.8, 4) is 0 Å². The number of ether oxygens (including phenoxy) is 1. The summed E-state index contributed by atoms with van der Waals surface area (Å²) in [6.45, 7) is 2.16. The molecule has 0 aliphatic carbocycles. The Kier molecular flexibility index (Phi) is 4.24. The molecular formula is C12H16N2O5S. The summed E-state index contributed by atoms with van der Waals surface area (Å²) < 4.78 is 6.46. The van der Waals surface area contributed by atoms with Gasteiger partial charge in [-0.3, -0.25) is 14.2 Å². The second kappa shape index (κ2) is 5.76. The molecule has 1 fully saturated rings. The van der Waals surface area contributed by atoms with E-state index in [0.29, 0.717) is 18.9 Å². The Morgan fingerprint density at radius 1 is 1.50 bits per heavy atom. The number of nitrogens with one attached hydrogen (secondary N) is 1. The number of hydrogen-bond donors (Lipinski definition) is 2. The molecule has 2 heterocycles. The van der Waals surface area contributed by atoms with Gasteiger partial charge >= 0.3 is 10.8 Å². The topological polar surface area (TPSA) is 97.6 Å². The van der Waals surface area contributed by atoms with Gasteiger partial charge in [-0.25, -0.2) is 4.79 Å². The van der Waals surface area contributed by atoms with Gasteiger partial charge in [0, 0.05) is 37.1 Å². The molecule has 110 valence electrons. The number of carboxylic acid groups (broad SMARTS) is 1. The van der Waals surface area contributed by atoms with Crippen molar-refractivity contribution >= 4 is 23.2 Å². The first-order valence-electron chi connectivity index (χ1n) is 6.22. The van der Waals surface area contributed by atoms with Gasteiger partial charge in [-0.05, 0) is 6.92 Å². The maximum Gasteiger partial charge on any atom is 0.329 e. The molecule has 2 N–H and O–H groups in total. The zero-order chi connectivity index (χ0) is 14.8. The van der Waals surface area contributed by atoms with E-state index in [-0.39, 0.29) is 24.3 Å². The largest absolute Gasteiger partial charge is 0.480 e.